The SMILES string of the molecule is CCOc1ccc(OCC(=O)NN(CC)c2ccc(C)cc2)cc1. The van der Waals surface area contributed by atoms with Crippen molar-refractivity contribution in [1.29, 1.82) is 0 Å². The summed E-state index contributed by atoms with van der Waals surface area (Å²) in [5.41, 5.74) is 4.97. The molecule has 2 aromatic carbocycles. The maximum absolute atomic E-state index is 12.1. The third kappa shape index (κ3) is 5.19. The first kappa shape index (κ1) is 17.7. The molecule has 0 saturated carbocycles. The Morgan fingerprint density at radius 2 is 1.54 bits per heavy atom. The van der Waals surface area contributed by atoms with Gasteiger partial charge in [0.05, 0.1) is 12.3 Å². The molecule has 0 spiro atoms. The van der Waals surface area contributed by atoms with E-state index < -0.39 is 0 Å². The lowest BCUT2D eigenvalue weighted by atomic mass is 10.2. The summed E-state index contributed by atoms with van der Waals surface area (Å²) >= 11 is 0. The number of nitrogens with zero attached hydrogens (tertiary/aromatic N) is 1. The Morgan fingerprint density at radius 1 is 0.958 bits per heavy atom. The molecule has 0 radical (unpaired) electrons. The number of rotatable bonds is 8. The van der Waals surface area contributed by atoms with E-state index in [4.69, 9.17) is 9.47 Å². The van der Waals surface area contributed by atoms with Crippen molar-refractivity contribution in [3.05, 3.63) is 54.1 Å². The van der Waals surface area contributed by atoms with Crippen LogP contribution in [0.25, 0.3) is 0 Å². The predicted octanol–water partition coefficient (Wildman–Crippen LogP) is 3.33. The van der Waals surface area contributed by atoms with Crippen LogP contribution in [0, 0.1) is 6.92 Å². The summed E-state index contributed by atoms with van der Waals surface area (Å²) < 4.78 is 10.9. The Hall–Kier alpha value is -2.69. The molecule has 2 aromatic rings. The van der Waals surface area contributed by atoms with Crippen molar-refractivity contribution in [2.45, 2.75) is 20.8 Å². The van der Waals surface area contributed by atoms with E-state index in [0.717, 1.165) is 11.4 Å². The Bertz CT molecular complexity index is 639. The van der Waals surface area contributed by atoms with Gasteiger partial charge in [0, 0.05) is 6.54 Å². The largest absolute Gasteiger partial charge is 0.494 e. The smallest absolute Gasteiger partial charge is 0.276 e. The minimum Gasteiger partial charge on any atom is -0.494 e. The Labute approximate surface area is 143 Å². The molecule has 5 heteroatoms. The van der Waals surface area contributed by atoms with E-state index in [9.17, 15) is 4.79 Å². The lowest BCUT2D eigenvalue weighted by Crippen LogP contribution is -2.44. The fraction of sp³-hybridized carbons (Fsp3) is 0.316. The number of nitrogens with one attached hydrogen (secondary N) is 1. The van der Waals surface area contributed by atoms with Crippen molar-refractivity contribution >= 4 is 11.6 Å². The lowest BCUT2D eigenvalue weighted by molar-refractivity contribution is -0.123. The topological polar surface area (TPSA) is 50.8 Å². The molecule has 128 valence electrons. The van der Waals surface area contributed by atoms with Crippen LogP contribution in [0.5, 0.6) is 11.5 Å². The van der Waals surface area contributed by atoms with Crippen molar-refractivity contribution in [1.82, 2.24) is 5.43 Å². The van der Waals surface area contributed by atoms with Crippen LogP contribution in [0.4, 0.5) is 5.69 Å². The molecule has 1 amide bonds. The molecule has 0 bridgehead atoms. The number of anilines is 1. The number of hydrogen-bond acceptors (Lipinski definition) is 4. The molecule has 0 unspecified atom stereocenters. The van der Waals surface area contributed by atoms with Crippen LogP contribution in [0.3, 0.4) is 0 Å². The summed E-state index contributed by atoms with van der Waals surface area (Å²) in [5.74, 6) is 1.21. The zero-order chi connectivity index (χ0) is 17.4. The lowest BCUT2D eigenvalue weighted by Gasteiger charge is -2.24. The highest BCUT2D eigenvalue weighted by atomic mass is 16.5. The van der Waals surface area contributed by atoms with Crippen LogP contribution in [-0.2, 0) is 4.79 Å². The third-order valence-electron chi connectivity index (χ3n) is 3.43. The summed E-state index contributed by atoms with van der Waals surface area (Å²) in [4.78, 5) is 12.1. The number of hydrogen-bond donors (Lipinski definition) is 1. The standard InChI is InChI=1S/C19H24N2O3/c1-4-21(16-8-6-15(3)7-9-16)20-19(22)14-24-18-12-10-17(11-13-18)23-5-2/h6-13H,4-5,14H2,1-3H3,(H,20,22). The maximum atomic E-state index is 12.1. The van der Waals surface area contributed by atoms with Gasteiger partial charge in [-0.3, -0.25) is 15.2 Å². The molecule has 0 fully saturated rings. The molecule has 0 atom stereocenters. The molecule has 0 aromatic heterocycles. The molecular weight excluding hydrogens is 304 g/mol. The number of carbonyl (C=O) groups is 1. The van der Waals surface area contributed by atoms with E-state index in [0.29, 0.717) is 18.9 Å². The van der Waals surface area contributed by atoms with Gasteiger partial charge in [-0.25, -0.2) is 0 Å². The van der Waals surface area contributed by atoms with Crippen LogP contribution >= 0.6 is 0 Å². The zero-order valence-electron chi connectivity index (χ0n) is 14.4. The van der Waals surface area contributed by atoms with E-state index in [2.05, 4.69) is 5.43 Å². The van der Waals surface area contributed by atoms with Gasteiger partial charge in [-0.1, -0.05) is 17.7 Å². The average molecular weight is 328 g/mol. The molecule has 5 nitrogen and oxygen atoms in total. The van der Waals surface area contributed by atoms with E-state index in [1.165, 1.54) is 5.56 Å². The Kier molecular flexibility index (Phi) is 6.49. The second-order valence-corrected chi connectivity index (χ2v) is 5.31. The Morgan fingerprint density at radius 3 is 2.08 bits per heavy atom. The van der Waals surface area contributed by atoms with Crippen LogP contribution in [0.15, 0.2) is 48.5 Å². The molecule has 2 rings (SSSR count). The van der Waals surface area contributed by atoms with Crippen LogP contribution in [0.1, 0.15) is 19.4 Å². The summed E-state index contributed by atoms with van der Waals surface area (Å²) in [6, 6.07) is 15.2. The number of carbonyl (C=O) groups excluding carboxylic acids is 1. The predicted molar refractivity (Wildman–Crippen MR) is 95.4 cm³/mol. The first-order valence-corrected chi connectivity index (χ1v) is 8.11. The van der Waals surface area contributed by atoms with Gasteiger partial charge in [0.2, 0.25) is 0 Å². The van der Waals surface area contributed by atoms with E-state index in [-0.39, 0.29) is 12.5 Å². The number of aryl methyl sites for hydroxylation is 1. The summed E-state index contributed by atoms with van der Waals surface area (Å²) in [5, 5.41) is 1.79. The molecule has 0 aliphatic heterocycles. The fourth-order valence-electron chi connectivity index (χ4n) is 2.18. The van der Waals surface area contributed by atoms with Gasteiger partial charge in [0.25, 0.3) is 5.91 Å². The third-order valence-corrected chi connectivity index (χ3v) is 3.43. The summed E-state index contributed by atoms with van der Waals surface area (Å²) in [6.07, 6.45) is 0. The number of hydrazine groups is 1. The van der Waals surface area contributed by atoms with Crippen molar-refractivity contribution in [2.24, 2.45) is 0 Å². The van der Waals surface area contributed by atoms with Gasteiger partial charge in [0.1, 0.15) is 11.5 Å². The molecule has 1 N–H and O–H groups in total. The number of ether oxygens (including phenoxy) is 2. The number of benzene rings is 2. The van der Waals surface area contributed by atoms with Crippen LogP contribution in [0.2, 0.25) is 0 Å². The van der Waals surface area contributed by atoms with Crippen LogP contribution < -0.4 is 19.9 Å². The minimum absolute atomic E-state index is 0.0453. The molecule has 0 aliphatic carbocycles. The second-order valence-electron chi connectivity index (χ2n) is 5.31. The molecule has 0 aliphatic rings. The van der Waals surface area contributed by atoms with Gasteiger partial charge < -0.3 is 9.47 Å². The van der Waals surface area contributed by atoms with Gasteiger partial charge in [-0.05, 0) is 57.2 Å². The van der Waals surface area contributed by atoms with Gasteiger partial charge in [-0.15, -0.1) is 0 Å². The maximum Gasteiger partial charge on any atom is 0.276 e. The van der Waals surface area contributed by atoms with Crippen LogP contribution in [-0.4, -0.2) is 25.7 Å². The van der Waals surface area contributed by atoms with E-state index >= 15 is 0 Å². The fourth-order valence-corrected chi connectivity index (χ4v) is 2.18. The second kappa shape index (κ2) is 8.82. The highest BCUT2D eigenvalue weighted by Crippen LogP contribution is 2.17. The molecular formula is C19H24N2O3. The Balaban J connectivity index is 1.86. The van der Waals surface area contributed by atoms with Gasteiger partial charge >= 0.3 is 0 Å². The van der Waals surface area contributed by atoms with Gasteiger partial charge in [0.15, 0.2) is 6.61 Å². The van der Waals surface area contributed by atoms with Crippen molar-refractivity contribution < 1.29 is 14.3 Å². The highest BCUT2D eigenvalue weighted by Gasteiger charge is 2.09. The van der Waals surface area contributed by atoms with E-state index in [1.807, 2.05) is 57.2 Å². The normalized spacial score (nSPS) is 10.1. The first-order chi connectivity index (χ1) is 11.6. The van der Waals surface area contributed by atoms with Crippen molar-refractivity contribution in [3.63, 3.8) is 0 Å². The zero-order valence-corrected chi connectivity index (χ0v) is 14.4. The molecule has 24 heavy (non-hydrogen) atoms. The highest BCUT2D eigenvalue weighted by molar-refractivity contribution is 5.79. The summed E-state index contributed by atoms with van der Waals surface area (Å²) in [7, 11) is 0. The van der Waals surface area contributed by atoms with Crippen molar-refractivity contribution in [2.75, 3.05) is 24.8 Å². The first-order valence-electron chi connectivity index (χ1n) is 8.11. The van der Waals surface area contributed by atoms with Crippen molar-refractivity contribution in [3.8, 4) is 11.5 Å². The minimum atomic E-state index is -0.202. The quantitative estimate of drug-likeness (QED) is 0.755. The van der Waals surface area contributed by atoms with Gasteiger partial charge in [-0.2, -0.15) is 0 Å². The average Bonchev–Trinajstić information content (AvgIpc) is 2.60. The number of amides is 1. The summed E-state index contributed by atoms with van der Waals surface area (Å²) in [6.45, 7) is 7.18. The molecule has 0 saturated heterocycles. The monoisotopic (exact) mass is 328 g/mol. The molecule has 0 heterocycles. The van der Waals surface area contributed by atoms with E-state index in [1.54, 1.807) is 17.1 Å².